The molecule has 154 valence electrons. The minimum absolute atomic E-state index is 0.129. The number of aromatic nitrogens is 5. The number of aryl methyl sites for hydroxylation is 1. The zero-order valence-electron chi connectivity index (χ0n) is 17.2. The Labute approximate surface area is 179 Å². The highest BCUT2D eigenvalue weighted by atomic mass is 32.1. The van der Waals surface area contributed by atoms with Gasteiger partial charge in [-0.2, -0.15) is 10.2 Å². The van der Waals surface area contributed by atoms with E-state index in [-0.39, 0.29) is 11.8 Å². The van der Waals surface area contributed by atoms with Crippen molar-refractivity contribution in [3.63, 3.8) is 0 Å². The Morgan fingerprint density at radius 3 is 2.70 bits per heavy atom. The fourth-order valence-corrected chi connectivity index (χ4v) is 4.11. The number of rotatable bonds is 7. The van der Waals surface area contributed by atoms with Crippen LogP contribution in [0.4, 0.5) is 0 Å². The Kier molecular flexibility index (Phi) is 5.76. The fraction of sp³-hybridized carbons (Fsp3) is 0.273. The number of nitrogens with one attached hydrogen (secondary N) is 1. The molecule has 0 aliphatic rings. The van der Waals surface area contributed by atoms with Gasteiger partial charge in [-0.3, -0.25) is 19.1 Å². The van der Waals surface area contributed by atoms with E-state index >= 15 is 0 Å². The predicted octanol–water partition coefficient (Wildman–Crippen LogP) is 3.96. The topological polar surface area (TPSA) is 77.6 Å². The summed E-state index contributed by atoms with van der Waals surface area (Å²) in [5, 5.41) is 14.1. The molecular weight excluding hydrogens is 396 g/mol. The first-order valence-corrected chi connectivity index (χ1v) is 10.7. The number of hydrogen-bond acceptors (Lipinski definition) is 5. The molecule has 30 heavy (non-hydrogen) atoms. The molecule has 7 nitrogen and oxygen atoms in total. The number of carbonyl (C=O) groups excluding carboxylic acids is 1. The van der Waals surface area contributed by atoms with Crippen LogP contribution in [0, 0.1) is 0 Å². The van der Waals surface area contributed by atoms with Gasteiger partial charge in [0.15, 0.2) is 0 Å². The van der Waals surface area contributed by atoms with Gasteiger partial charge in [-0.1, -0.05) is 19.9 Å². The lowest BCUT2D eigenvalue weighted by Crippen LogP contribution is -2.29. The van der Waals surface area contributed by atoms with Crippen molar-refractivity contribution in [3.05, 3.63) is 65.7 Å². The van der Waals surface area contributed by atoms with Crippen molar-refractivity contribution < 1.29 is 4.79 Å². The van der Waals surface area contributed by atoms with Gasteiger partial charge in [0.2, 0.25) is 0 Å². The highest BCUT2D eigenvalue weighted by molar-refractivity contribution is 7.13. The Hall–Kier alpha value is -3.26. The first-order chi connectivity index (χ1) is 14.5. The highest BCUT2D eigenvalue weighted by Crippen LogP contribution is 2.34. The van der Waals surface area contributed by atoms with Crippen LogP contribution in [0.25, 0.3) is 21.7 Å². The number of amides is 1. The Morgan fingerprint density at radius 1 is 1.23 bits per heavy atom. The minimum Gasteiger partial charge on any atom is -0.349 e. The van der Waals surface area contributed by atoms with E-state index < -0.39 is 0 Å². The van der Waals surface area contributed by atoms with Crippen LogP contribution in [0.3, 0.4) is 0 Å². The molecule has 0 bridgehead atoms. The third-order valence-electron chi connectivity index (χ3n) is 4.92. The lowest BCUT2D eigenvalue weighted by molar-refractivity contribution is 0.0942. The number of pyridine rings is 1. The van der Waals surface area contributed by atoms with Gasteiger partial charge in [-0.25, -0.2) is 0 Å². The minimum atomic E-state index is -0.129. The van der Waals surface area contributed by atoms with Crippen LogP contribution in [0.5, 0.6) is 0 Å². The molecule has 0 aliphatic carbocycles. The summed E-state index contributed by atoms with van der Waals surface area (Å²) in [5.41, 5.74) is 4.65. The van der Waals surface area contributed by atoms with Gasteiger partial charge < -0.3 is 5.32 Å². The lowest BCUT2D eigenvalue weighted by atomic mass is 10.1. The largest absolute Gasteiger partial charge is 0.349 e. The van der Waals surface area contributed by atoms with E-state index in [2.05, 4.69) is 45.8 Å². The van der Waals surface area contributed by atoms with E-state index in [1.54, 1.807) is 35.5 Å². The van der Waals surface area contributed by atoms with Crippen molar-refractivity contribution >= 4 is 17.2 Å². The average molecular weight is 421 g/mol. The molecule has 0 aromatic carbocycles. The molecule has 4 heterocycles. The summed E-state index contributed by atoms with van der Waals surface area (Å²) in [5.74, 6) is 0.151. The number of nitrogens with zero attached hydrogens (tertiary/aromatic N) is 5. The smallest absolute Gasteiger partial charge is 0.269 e. The zero-order chi connectivity index (χ0) is 21.1. The monoisotopic (exact) mass is 420 g/mol. The Morgan fingerprint density at radius 2 is 2.03 bits per heavy atom. The van der Waals surface area contributed by atoms with Crippen LogP contribution in [0.1, 0.15) is 35.9 Å². The molecule has 4 aromatic rings. The Bertz CT molecular complexity index is 1130. The van der Waals surface area contributed by atoms with Crippen molar-refractivity contribution in [2.24, 2.45) is 7.05 Å². The molecule has 0 atom stereocenters. The molecule has 0 radical (unpaired) electrons. The Balaban J connectivity index is 1.52. The molecule has 8 heteroatoms. The molecule has 0 spiro atoms. The van der Waals surface area contributed by atoms with Gasteiger partial charge in [-0.15, -0.1) is 11.3 Å². The zero-order valence-corrected chi connectivity index (χ0v) is 18.1. The van der Waals surface area contributed by atoms with Crippen molar-refractivity contribution in [3.8, 4) is 21.7 Å². The van der Waals surface area contributed by atoms with Gasteiger partial charge >= 0.3 is 0 Å². The van der Waals surface area contributed by atoms with Crippen LogP contribution in [0.15, 0.2) is 54.3 Å². The predicted molar refractivity (Wildman–Crippen MR) is 118 cm³/mol. The van der Waals surface area contributed by atoms with Crippen LogP contribution < -0.4 is 5.32 Å². The van der Waals surface area contributed by atoms with Gasteiger partial charge in [0, 0.05) is 31.5 Å². The number of thiophene rings is 1. The maximum atomic E-state index is 12.6. The molecule has 1 N–H and O–H groups in total. The van der Waals surface area contributed by atoms with Gasteiger partial charge in [0.25, 0.3) is 5.91 Å². The summed E-state index contributed by atoms with van der Waals surface area (Å²) >= 11 is 1.67. The molecule has 4 aromatic heterocycles. The van der Waals surface area contributed by atoms with E-state index in [1.165, 1.54) is 0 Å². The second kappa shape index (κ2) is 8.62. The van der Waals surface area contributed by atoms with Crippen LogP contribution >= 0.6 is 11.3 Å². The van der Waals surface area contributed by atoms with Crippen LogP contribution in [-0.4, -0.2) is 37.0 Å². The first-order valence-electron chi connectivity index (χ1n) is 9.87. The van der Waals surface area contributed by atoms with E-state index in [0.29, 0.717) is 18.8 Å². The number of hydrogen-bond donors (Lipinski definition) is 1. The van der Waals surface area contributed by atoms with Gasteiger partial charge in [-0.05, 0) is 41.1 Å². The standard InChI is InChI=1S/C22H24N6OS/c1-15(2)18-13-19(27(3)26-18)22(29)24-10-11-28-21(20-5-4-12-30-20)17(14-25-28)16-6-8-23-9-7-16/h4-9,12-15H,10-11H2,1-3H3,(H,24,29). The molecule has 0 saturated carbocycles. The van der Waals surface area contributed by atoms with Crippen LogP contribution in [0.2, 0.25) is 0 Å². The van der Waals surface area contributed by atoms with Crippen LogP contribution in [-0.2, 0) is 13.6 Å². The van der Waals surface area contributed by atoms with Crippen molar-refractivity contribution in [2.75, 3.05) is 6.54 Å². The van der Waals surface area contributed by atoms with Gasteiger partial charge in [0.05, 0.1) is 29.0 Å². The molecule has 0 saturated heterocycles. The third kappa shape index (κ3) is 4.04. The first kappa shape index (κ1) is 20.0. The summed E-state index contributed by atoms with van der Waals surface area (Å²) < 4.78 is 3.59. The SMILES string of the molecule is CC(C)c1cc(C(=O)NCCn2ncc(-c3ccncc3)c2-c2cccs2)n(C)n1. The summed E-state index contributed by atoms with van der Waals surface area (Å²) in [7, 11) is 1.80. The third-order valence-corrected chi connectivity index (χ3v) is 5.79. The van der Waals surface area contributed by atoms with Crippen molar-refractivity contribution in [1.82, 2.24) is 29.9 Å². The maximum absolute atomic E-state index is 12.6. The second-order valence-electron chi connectivity index (χ2n) is 7.33. The summed E-state index contributed by atoms with van der Waals surface area (Å²) in [6.45, 7) is 5.16. The van der Waals surface area contributed by atoms with Crippen molar-refractivity contribution in [1.29, 1.82) is 0 Å². The summed E-state index contributed by atoms with van der Waals surface area (Å²) in [6, 6.07) is 9.94. The molecular formula is C22H24N6OS. The molecule has 1 amide bonds. The quantitative estimate of drug-likeness (QED) is 0.491. The highest BCUT2D eigenvalue weighted by Gasteiger charge is 2.17. The molecule has 0 unspecified atom stereocenters. The average Bonchev–Trinajstić information content (AvgIpc) is 3.47. The summed E-state index contributed by atoms with van der Waals surface area (Å²) in [4.78, 5) is 17.9. The lowest BCUT2D eigenvalue weighted by Gasteiger charge is -2.10. The molecule has 0 aliphatic heterocycles. The number of carbonyl (C=O) groups is 1. The van der Waals surface area contributed by atoms with E-state index in [1.807, 2.05) is 35.1 Å². The van der Waals surface area contributed by atoms with E-state index in [0.717, 1.165) is 27.4 Å². The molecule has 4 rings (SSSR count). The van der Waals surface area contributed by atoms with Gasteiger partial charge in [0.1, 0.15) is 5.69 Å². The second-order valence-corrected chi connectivity index (χ2v) is 8.28. The van der Waals surface area contributed by atoms with Crippen molar-refractivity contribution in [2.45, 2.75) is 26.3 Å². The maximum Gasteiger partial charge on any atom is 0.269 e. The van der Waals surface area contributed by atoms with E-state index in [9.17, 15) is 4.79 Å². The normalized spacial score (nSPS) is 11.2. The summed E-state index contributed by atoms with van der Waals surface area (Å²) in [6.07, 6.45) is 5.44. The molecule has 0 fully saturated rings. The van der Waals surface area contributed by atoms with E-state index in [4.69, 9.17) is 0 Å². The fourth-order valence-electron chi connectivity index (χ4n) is 3.32.